The maximum Gasteiger partial charge on any atom is 0.229 e. The molecular weight excluding hydrogens is 552 g/mol. The van der Waals surface area contributed by atoms with Crippen molar-refractivity contribution in [2.45, 2.75) is 55.3 Å². The Balaban J connectivity index is 1.40. The van der Waals surface area contributed by atoms with Crippen molar-refractivity contribution in [1.29, 1.82) is 0 Å². The summed E-state index contributed by atoms with van der Waals surface area (Å²) in [6.45, 7) is -0.858. The molecule has 2 aromatic carbocycles. The maximum absolute atomic E-state index is 12.7. The van der Waals surface area contributed by atoms with Gasteiger partial charge in [0, 0.05) is 24.3 Å². The molecule has 3 aromatic rings. The van der Waals surface area contributed by atoms with Crippen molar-refractivity contribution in [3.63, 3.8) is 0 Å². The van der Waals surface area contributed by atoms with Gasteiger partial charge in [0.1, 0.15) is 82.5 Å². The molecule has 2 saturated heterocycles. The molecule has 0 spiro atoms. The molecule has 0 radical (unpaired) electrons. The standard InChI is InChI=1S/C26H28O15/c27-9-1-2-11(16-6-13(30)19-12(29)3-10(28)5-17(19)39-16)15(4-9)40-26-24(36)22(34)21(33)18(41-26)8-38-25-23(35)20(32)14(31)7-37-25/h1-6,14,18,20-29,31-36H,7-8H2/t14-,18+,20-,21-,22+,23-,24-,25+,26+/m0/s1. The van der Waals surface area contributed by atoms with Crippen molar-refractivity contribution in [2.24, 2.45) is 0 Å². The minimum absolute atomic E-state index is 0.0696. The average molecular weight is 580 g/mol. The number of aromatic hydroxyl groups is 3. The lowest BCUT2D eigenvalue weighted by Crippen LogP contribution is -2.61. The van der Waals surface area contributed by atoms with Crippen molar-refractivity contribution >= 4 is 11.0 Å². The highest BCUT2D eigenvalue weighted by atomic mass is 16.7. The van der Waals surface area contributed by atoms with E-state index in [0.29, 0.717) is 0 Å². The molecular formula is C26H28O15. The predicted molar refractivity (Wildman–Crippen MR) is 134 cm³/mol. The molecule has 15 heteroatoms. The van der Waals surface area contributed by atoms with Crippen molar-refractivity contribution < 1.29 is 69.3 Å². The summed E-state index contributed by atoms with van der Waals surface area (Å²) in [5, 5.41) is 90.7. The number of aliphatic hydroxyl groups is 6. The summed E-state index contributed by atoms with van der Waals surface area (Å²) in [6, 6.07) is 6.80. The Morgan fingerprint density at radius 3 is 2.29 bits per heavy atom. The molecule has 0 bridgehead atoms. The number of ether oxygens (including phenoxy) is 4. The van der Waals surface area contributed by atoms with Crippen molar-refractivity contribution in [3.05, 3.63) is 46.6 Å². The van der Waals surface area contributed by atoms with Crippen LogP contribution in [0.3, 0.4) is 0 Å². The van der Waals surface area contributed by atoms with Crippen LogP contribution in [0.25, 0.3) is 22.3 Å². The lowest BCUT2D eigenvalue weighted by atomic mass is 9.99. The Morgan fingerprint density at radius 2 is 1.54 bits per heavy atom. The zero-order valence-electron chi connectivity index (χ0n) is 21.0. The first-order valence-electron chi connectivity index (χ1n) is 12.4. The minimum Gasteiger partial charge on any atom is -0.508 e. The number of rotatable bonds is 6. The fourth-order valence-electron chi connectivity index (χ4n) is 4.59. The second-order valence-corrected chi connectivity index (χ2v) is 9.71. The van der Waals surface area contributed by atoms with Gasteiger partial charge in [-0.2, -0.15) is 0 Å². The smallest absolute Gasteiger partial charge is 0.229 e. The minimum atomic E-state index is -1.82. The summed E-state index contributed by atoms with van der Waals surface area (Å²) >= 11 is 0. The van der Waals surface area contributed by atoms with Crippen LogP contribution in [0.2, 0.25) is 0 Å². The Morgan fingerprint density at radius 1 is 0.805 bits per heavy atom. The van der Waals surface area contributed by atoms with E-state index in [0.717, 1.165) is 24.3 Å². The molecule has 2 aliphatic rings. The fourth-order valence-corrected chi connectivity index (χ4v) is 4.59. The number of phenols is 3. The van der Waals surface area contributed by atoms with Crippen LogP contribution in [-0.2, 0) is 14.2 Å². The monoisotopic (exact) mass is 580 g/mol. The quantitative estimate of drug-likeness (QED) is 0.156. The van der Waals surface area contributed by atoms with Crippen LogP contribution >= 0.6 is 0 Å². The number of fused-ring (bicyclic) bond motifs is 1. The van der Waals surface area contributed by atoms with E-state index in [1.807, 2.05) is 0 Å². The van der Waals surface area contributed by atoms with Gasteiger partial charge in [-0.05, 0) is 12.1 Å². The van der Waals surface area contributed by atoms with Gasteiger partial charge in [-0.3, -0.25) is 4.79 Å². The summed E-state index contributed by atoms with van der Waals surface area (Å²) in [6.07, 6.45) is -14.3. The Bertz CT molecular complexity index is 1460. The summed E-state index contributed by atoms with van der Waals surface area (Å²) in [5.41, 5.74) is -0.745. The molecule has 9 atom stereocenters. The summed E-state index contributed by atoms with van der Waals surface area (Å²) in [7, 11) is 0. The number of phenolic OH excluding ortho intramolecular Hbond substituents is 3. The van der Waals surface area contributed by atoms with Crippen LogP contribution in [0.4, 0.5) is 0 Å². The van der Waals surface area contributed by atoms with Gasteiger partial charge >= 0.3 is 0 Å². The van der Waals surface area contributed by atoms with Gasteiger partial charge in [-0.25, -0.2) is 0 Å². The second kappa shape index (κ2) is 11.4. The van der Waals surface area contributed by atoms with Gasteiger partial charge in [-0.1, -0.05) is 0 Å². The third kappa shape index (κ3) is 5.67. The summed E-state index contributed by atoms with van der Waals surface area (Å²) in [5.74, 6) is -1.46. The van der Waals surface area contributed by atoms with Gasteiger partial charge in [-0.15, -0.1) is 0 Å². The summed E-state index contributed by atoms with van der Waals surface area (Å²) < 4.78 is 27.6. The van der Waals surface area contributed by atoms with E-state index >= 15 is 0 Å². The van der Waals surface area contributed by atoms with Crippen molar-refractivity contribution in [3.8, 4) is 34.3 Å². The third-order valence-electron chi connectivity index (χ3n) is 6.82. The van der Waals surface area contributed by atoms with Gasteiger partial charge in [0.15, 0.2) is 11.7 Å². The predicted octanol–water partition coefficient (Wildman–Crippen LogP) is -1.78. The van der Waals surface area contributed by atoms with Crippen LogP contribution in [0.5, 0.6) is 23.0 Å². The topological polar surface area (TPSA) is 249 Å². The zero-order valence-corrected chi connectivity index (χ0v) is 21.0. The Hall–Kier alpha value is -3.51. The highest BCUT2D eigenvalue weighted by molar-refractivity contribution is 5.86. The highest BCUT2D eigenvalue weighted by Crippen LogP contribution is 2.37. The van der Waals surface area contributed by atoms with E-state index < -0.39 is 73.1 Å². The fraction of sp³-hybridized carbons (Fsp3) is 0.423. The number of hydrogen-bond acceptors (Lipinski definition) is 15. The first-order valence-corrected chi connectivity index (χ1v) is 12.4. The molecule has 5 rings (SSSR count). The molecule has 15 nitrogen and oxygen atoms in total. The molecule has 2 fully saturated rings. The Labute approximate surface area is 230 Å². The van der Waals surface area contributed by atoms with E-state index in [1.165, 1.54) is 12.1 Å². The van der Waals surface area contributed by atoms with Crippen LogP contribution in [0.15, 0.2) is 45.6 Å². The van der Waals surface area contributed by atoms with E-state index in [4.69, 9.17) is 23.4 Å². The molecule has 0 saturated carbocycles. The number of benzene rings is 2. The second-order valence-electron chi connectivity index (χ2n) is 9.71. The lowest BCUT2D eigenvalue weighted by molar-refractivity contribution is -0.307. The maximum atomic E-state index is 12.7. The van der Waals surface area contributed by atoms with E-state index in [-0.39, 0.29) is 46.1 Å². The molecule has 9 N–H and O–H groups in total. The first-order chi connectivity index (χ1) is 19.4. The molecule has 0 unspecified atom stereocenters. The Kier molecular flexibility index (Phi) is 8.06. The third-order valence-corrected chi connectivity index (χ3v) is 6.82. The van der Waals surface area contributed by atoms with Gasteiger partial charge in [0.2, 0.25) is 6.29 Å². The lowest BCUT2D eigenvalue weighted by Gasteiger charge is -2.41. The number of hydrogen-bond donors (Lipinski definition) is 9. The first kappa shape index (κ1) is 29.0. The SMILES string of the molecule is O=c1cc(-c2ccc(O)cc2O[C@@H]2O[C@H](CO[C@H]3OC[C@H](O)[C@H](O)[C@@H]3O)[C@H](O)[C@@H](O)[C@@H]2O)oc2cc(O)cc(O)c12. The van der Waals surface area contributed by atoms with Crippen LogP contribution in [0, 0.1) is 0 Å². The van der Waals surface area contributed by atoms with E-state index in [1.54, 1.807) is 0 Å². The normalized spacial score (nSPS) is 32.2. The molecule has 0 amide bonds. The van der Waals surface area contributed by atoms with Gasteiger partial charge in [0.25, 0.3) is 0 Å². The zero-order chi connectivity index (χ0) is 29.6. The van der Waals surface area contributed by atoms with Gasteiger partial charge < -0.3 is 69.3 Å². The molecule has 0 aliphatic carbocycles. The van der Waals surface area contributed by atoms with Crippen LogP contribution < -0.4 is 10.2 Å². The number of aliphatic hydroxyl groups excluding tert-OH is 6. The summed E-state index contributed by atoms with van der Waals surface area (Å²) in [4.78, 5) is 12.7. The molecule has 2 aliphatic heterocycles. The van der Waals surface area contributed by atoms with Crippen LogP contribution in [0.1, 0.15) is 0 Å². The van der Waals surface area contributed by atoms with E-state index in [2.05, 4.69) is 0 Å². The largest absolute Gasteiger partial charge is 0.508 e. The van der Waals surface area contributed by atoms with Gasteiger partial charge in [0.05, 0.1) is 18.8 Å². The van der Waals surface area contributed by atoms with Crippen molar-refractivity contribution in [2.75, 3.05) is 13.2 Å². The highest BCUT2D eigenvalue weighted by Gasteiger charge is 2.46. The average Bonchev–Trinajstić information content (AvgIpc) is 2.91. The van der Waals surface area contributed by atoms with Crippen molar-refractivity contribution in [1.82, 2.24) is 0 Å². The molecule has 41 heavy (non-hydrogen) atoms. The molecule has 1 aromatic heterocycles. The van der Waals surface area contributed by atoms with E-state index in [9.17, 15) is 50.8 Å². The molecule has 3 heterocycles. The van der Waals surface area contributed by atoms with Crippen LogP contribution in [-0.4, -0.2) is 114 Å². The molecule has 222 valence electrons.